The van der Waals surface area contributed by atoms with Gasteiger partial charge in [-0.3, -0.25) is 9.59 Å². The molecule has 0 aromatic heterocycles. The van der Waals surface area contributed by atoms with Crippen molar-refractivity contribution >= 4 is 11.7 Å². The second-order valence-electron chi connectivity index (χ2n) is 6.40. The molecule has 1 aliphatic rings. The van der Waals surface area contributed by atoms with E-state index in [0.29, 0.717) is 24.6 Å². The second kappa shape index (κ2) is 9.42. The van der Waals surface area contributed by atoms with E-state index in [1.54, 1.807) is 24.3 Å². The number of nitrogens with two attached hydrogens (primary N) is 1. The van der Waals surface area contributed by atoms with Crippen molar-refractivity contribution in [1.29, 1.82) is 0 Å². The minimum absolute atomic E-state index is 0.0195. The Hall–Kier alpha value is -1.88. The maximum Gasteiger partial charge on any atom is 0.220 e. The highest BCUT2D eigenvalue weighted by Gasteiger charge is 2.27. The Bertz CT molecular complexity index is 542. The molecule has 5 heteroatoms. The molecule has 3 N–H and O–H groups in total. The molecule has 1 aliphatic carbocycles. The quantitative estimate of drug-likeness (QED) is 0.681. The first-order valence-corrected chi connectivity index (χ1v) is 8.89. The average Bonchev–Trinajstić information content (AvgIpc) is 3.05. The van der Waals surface area contributed by atoms with Crippen molar-refractivity contribution in [2.45, 2.75) is 51.5 Å². The van der Waals surface area contributed by atoms with E-state index in [0.717, 1.165) is 31.4 Å². The van der Waals surface area contributed by atoms with Crippen molar-refractivity contribution in [3.63, 3.8) is 0 Å². The van der Waals surface area contributed by atoms with Crippen molar-refractivity contribution in [3.8, 4) is 5.75 Å². The maximum atomic E-state index is 12.2. The van der Waals surface area contributed by atoms with Crippen LogP contribution in [0.15, 0.2) is 24.3 Å². The summed E-state index contributed by atoms with van der Waals surface area (Å²) in [7, 11) is 0. The molecular formula is C19H28N2O3. The minimum Gasteiger partial charge on any atom is -0.494 e. The summed E-state index contributed by atoms with van der Waals surface area (Å²) < 4.78 is 5.50. The number of hydrogen-bond acceptors (Lipinski definition) is 4. The minimum atomic E-state index is -0.0587. The molecule has 1 aromatic carbocycles. The summed E-state index contributed by atoms with van der Waals surface area (Å²) in [6.07, 6.45) is 4.56. The van der Waals surface area contributed by atoms with Crippen LogP contribution in [0.25, 0.3) is 0 Å². The monoisotopic (exact) mass is 332 g/mol. The lowest BCUT2D eigenvalue weighted by atomic mass is 10.0. The van der Waals surface area contributed by atoms with Crippen molar-refractivity contribution in [1.82, 2.24) is 5.32 Å². The van der Waals surface area contributed by atoms with E-state index in [-0.39, 0.29) is 30.6 Å². The van der Waals surface area contributed by atoms with Crippen molar-refractivity contribution in [2.75, 3.05) is 13.2 Å². The summed E-state index contributed by atoms with van der Waals surface area (Å²) >= 11 is 0. The molecule has 132 valence electrons. The molecule has 0 aliphatic heterocycles. The van der Waals surface area contributed by atoms with Gasteiger partial charge in [0.15, 0.2) is 5.78 Å². The van der Waals surface area contributed by atoms with E-state index in [1.807, 2.05) is 6.92 Å². The van der Waals surface area contributed by atoms with E-state index in [4.69, 9.17) is 10.5 Å². The molecule has 0 heterocycles. The fourth-order valence-corrected chi connectivity index (χ4v) is 3.12. The summed E-state index contributed by atoms with van der Waals surface area (Å²) in [5.41, 5.74) is 6.34. The number of benzene rings is 1. The first kappa shape index (κ1) is 18.5. The molecule has 0 radical (unpaired) electrons. The fraction of sp³-hybridized carbons (Fsp3) is 0.579. The van der Waals surface area contributed by atoms with Gasteiger partial charge in [-0.2, -0.15) is 0 Å². The molecule has 5 nitrogen and oxygen atoms in total. The molecule has 0 bridgehead atoms. The van der Waals surface area contributed by atoms with E-state index >= 15 is 0 Å². The largest absolute Gasteiger partial charge is 0.494 e. The summed E-state index contributed by atoms with van der Waals surface area (Å²) in [4.78, 5) is 24.2. The van der Waals surface area contributed by atoms with E-state index in [2.05, 4.69) is 5.32 Å². The van der Waals surface area contributed by atoms with Crippen LogP contribution in [0.4, 0.5) is 0 Å². The zero-order chi connectivity index (χ0) is 17.4. The van der Waals surface area contributed by atoms with Crippen LogP contribution in [0.3, 0.4) is 0 Å². The lowest BCUT2D eigenvalue weighted by molar-refractivity contribution is -0.122. The van der Waals surface area contributed by atoms with Crippen LogP contribution < -0.4 is 15.8 Å². The maximum absolute atomic E-state index is 12.2. The number of ether oxygens (including phenoxy) is 1. The summed E-state index contributed by atoms with van der Waals surface area (Å²) in [6, 6.07) is 7.28. The molecule has 1 saturated carbocycles. The van der Waals surface area contributed by atoms with Gasteiger partial charge in [0.25, 0.3) is 0 Å². The number of carbonyl (C=O) groups excluding carboxylic acids is 2. The Balaban J connectivity index is 1.76. The van der Waals surface area contributed by atoms with Crippen molar-refractivity contribution in [2.24, 2.45) is 11.7 Å². The number of ketones is 1. The van der Waals surface area contributed by atoms with Gasteiger partial charge in [0.1, 0.15) is 5.75 Å². The van der Waals surface area contributed by atoms with Crippen LogP contribution in [-0.4, -0.2) is 30.9 Å². The molecule has 24 heavy (non-hydrogen) atoms. The Morgan fingerprint density at radius 3 is 2.62 bits per heavy atom. The molecule has 0 saturated heterocycles. The van der Waals surface area contributed by atoms with Gasteiger partial charge in [-0.25, -0.2) is 0 Å². The predicted octanol–water partition coefficient (Wildman–Crippen LogP) is 2.68. The van der Waals surface area contributed by atoms with Crippen LogP contribution in [-0.2, 0) is 4.79 Å². The molecule has 1 aromatic rings. The highest BCUT2D eigenvalue weighted by atomic mass is 16.5. The van der Waals surface area contributed by atoms with Crippen LogP contribution in [0.5, 0.6) is 5.75 Å². The van der Waals surface area contributed by atoms with Gasteiger partial charge < -0.3 is 15.8 Å². The van der Waals surface area contributed by atoms with Gasteiger partial charge in [0, 0.05) is 24.4 Å². The topological polar surface area (TPSA) is 81.4 Å². The Kier molecular flexibility index (Phi) is 7.25. The first-order chi connectivity index (χ1) is 11.6. The van der Waals surface area contributed by atoms with Gasteiger partial charge in [0.2, 0.25) is 5.91 Å². The van der Waals surface area contributed by atoms with Crippen molar-refractivity contribution in [3.05, 3.63) is 29.8 Å². The molecule has 0 spiro atoms. The van der Waals surface area contributed by atoms with Gasteiger partial charge in [-0.05, 0) is 56.0 Å². The standard InChI is InChI=1S/C19H28N2O3/c1-2-12-24-16-8-6-14(7-9-16)18(22)10-11-19(23)21-17-5-3-4-15(17)13-20/h6-9,15,17H,2-5,10-13,20H2,1H3,(H,21,23). The van der Waals surface area contributed by atoms with Crippen LogP contribution in [0.1, 0.15) is 55.8 Å². The smallest absolute Gasteiger partial charge is 0.220 e. The number of hydrogen-bond donors (Lipinski definition) is 2. The average molecular weight is 332 g/mol. The zero-order valence-corrected chi connectivity index (χ0v) is 14.4. The molecule has 2 unspecified atom stereocenters. The molecule has 2 rings (SSSR count). The Morgan fingerprint density at radius 1 is 1.21 bits per heavy atom. The first-order valence-electron chi connectivity index (χ1n) is 8.89. The van der Waals surface area contributed by atoms with Crippen LogP contribution in [0.2, 0.25) is 0 Å². The number of nitrogens with one attached hydrogen (secondary N) is 1. The van der Waals surface area contributed by atoms with Gasteiger partial charge in [-0.15, -0.1) is 0 Å². The van der Waals surface area contributed by atoms with E-state index in [9.17, 15) is 9.59 Å². The van der Waals surface area contributed by atoms with Gasteiger partial charge in [-0.1, -0.05) is 13.3 Å². The normalized spacial score (nSPS) is 19.9. The number of amides is 1. The van der Waals surface area contributed by atoms with Crippen molar-refractivity contribution < 1.29 is 14.3 Å². The van der Waals surface area contributed by atoms with Gasteiger partial charge in [0.05, 0.1) is 6.61 Å². The SMILES string of the molecule is CCCOc1ccc(C(=O)CCC(=O)NC2CCCC2CN)cc1. The third-order valence-electron chi connectivity index (χ3n) is 4.54. The van der Waals surface area contributed by atoms with Crippen LogP contribution in [0, 0.1) is 5.92 Å². The number of rotatable bonds is 9. The third kappa shape index (κ3) is 5.34. The Labute approximate surface area is 143 Å². The van der Waals surface area contributed by atoms with Gasteiger partial charge >= 0.3 is 0 Å². The molecular weight excluding hydrogens is 304 g/mol. The second-order valence-corrected chi connectivity index (χ2v) is 6.40. The fourth-order valence-electron chi connectivity index (χ4n) is 3.12. The van der Waals surface area contributed by atoms with E-state index < -0.39 is 0 Å². The summed E-state index contributed by atoms with van der Waals surface area (Å²) in [6.45, 7) is 3.32. The molecule has 1 fully saturated rings. The Morgan fingerprint density at radius 2 is 1.96 bits per heavy atom. The lowest BCUT2D eigenvalue weighted by Gasteiger charge is -2.19. The molecule has 2 atom stereocenters. The number of Topliss-reactive ketones (excluding diaryl/α,β-unsaturated/α-hetero) is 1. The highest BCUT2D eigenvalue weighted by Crippen LogP contribution is 2.24. The molecule has 1 amide bonds. The lowest BCUT2D eigenvalue weighted by Crippen LogP contribution is -2.39. The summed E-state index contributed by atoms with van der Waals surface area (Å²) in [5.74, 6) is 1.06. The summed E-state index contributed by atoms with van der Waals surface area (Å²) in [5, 5.41) is 3.03. The predicted molar refractivity (Wildman–Crippen MR) is 94.1 cm³/mol. The number of carbonyl (C=O) groups is 2. The van der Waals surface area contributed by atoms with Crippen LogP contribution >= 0.6 is 0 Å². The zero-order valence-electron chi connectivity index (χ0n) is 14.4. The van der Waals surface area contributed by atoms with E-state index in [1.165, 1.54) is 0 Å². The highest BCUT2D eigenvalue weighted by molar-refractivity contribution is 5.98. The third-order valence-corrected chi connectivity index (χ3v) is 4.54.